The van der Waals surface area contributed by atoms with E-state index in [0.717, 1.165) is 12.5 Å². The summed E-state index contributed by atoms with van der Waals surface area (Å²) >= 11 is 1.75. The fourth-order valence-electron chi connectivity index (χ4n) is 2.41. The van der Waals surface area contributed by atoms with Crippen LogP contribution in [0.25, 0.3) is 0 Å². The lowest BCUT2D eigenvalue weighted by Crippen LogP contribution is -2.18. The zero-order chi connectivity index (χ0) is 11.5. The van der Waals surface area contributed by atoms with Crippen LogP contribution in [0.3, 0.4) is 0 Å². The van der Waals surface area contributed by atoms with Gasteiger partial charge in [-0.1, -0.05) is 12.8 Å². The number of rotatable bonds is 4. The zero-order valence-electron chi connectivity index (χ0n) is 9.80. The van der Waals surface area contributed by atoms with Crippen LogP contribution in [0.15, 0.2) is 29.2 Å². The van der Waals surface area contributed by atoms with E-state index in [1.807, 2.05) is 6.20 Å². The molecule has 17 heavy (non-hydrogen) atoms. The van der Waals surface area contributed by atoms with Crippen LogP contribution in [0.4, 0.5) is 5.95 Å². The van der Waals surface area contributed by atoms with Crippen molar-refractivity contribution >= 4 is 17.3 Å². The number of hydrogen-bond donors (Lipinski definition) is 1. The normalized spacial score (nSPS) is 16.5. The number of imidazole rings is 1. The summed E-state index contributed by atoms with van der Waals surface area (Å²) in [6.45, 7) is 0.915. The largest absolute Gasteiger partial charge is 0.353 e. The molecule has 2 aromatic rings. The molecule has 90 valence electrons. The first-order valence-corrected chi connectivity index (χ1v) is 7.15. The fraction of sp³-hybridized carbons (Fsp3) is 0.462. The second kappa shape index (κ2) is 4.92. The van der Waals surface area contributed by atoms with Crippen molar-refractivity contribution in [1.29, 1.82) is 0 Å². The van der Waals surface area contributed by atoms with Crippen LogP contribution in [0, 0.1) is 0 Å². The molecule has 4 heteroatoms. The number of anilines is 1. The molecule has 0 aliphatic heterocycles. The third-order valence-electron chi connectivity index (χ3n) is 3.34. The summed E-state index contributed by atoms with van der Waals surface area (Å²) < 4.78 is 2.19. The molecule has 0 amide bonds. The highest BCUT2D eigenvalue weighted by Crippen LogP contribution is 2.22. The maximum Gasteiger partial charge on any atom is 0.203 e. The van der Waals surface area contributed by atoms with Gasteiger partial charge in [-0.25, -0.2) is 4.98 Å². The third kappa shape index (κ3) is 2.52. The van der Waals surface area contributed by atoms with E-state index in [-0.39, 0.29) is 0 Å². The molecule has 2 aromatic heterocycles. The lowest BCUT2D eigenvalue weighted by atomic mass is 10.2. The molecule has 0 radical (unpaired) electrons. The highest BCUT2D eigenvalue weighted by Gasteiger charge is 2.16. The van der Waals surface area contributed by atoms with Gasteiger partial charge in [0, 0.05) is 18.4 Å². The minimum atomic E-state index is 0.624. The van der Waals surface area contributed by atoms with E-state index < -0.39 is 0 Å². The summed E-state index contributed by atoms with van der Waals surface area (Å²) in [5, 5.41) is 7.87. The number of nitrogens with one attached hydrogen (secondary N) is 1. The van der Waals surface area contributed by atoms with Gasteiger partial charge in [-0.15, -0.1) is 0 Å². The zero-order valence-corrected chi connectivity index (χ0v) is 10.6. The molecule has 1 aliphatic carbocycles. The molecule has 0 spiro atoms. The van der Waals surface area contributed by atoms with Crippen molar-refractivity contribution in [3.05, 3.63) is 34.8 Å². The first-order chi connectivity index (χ1) is 8.42. The van der Waals surface area contributed by atoms with Gasteiger partial charge in [0.2, 0.25) is 5.95 Å². The Morgan fingerprint density at radius 1 is 1.41 bits per heavy atom. The Morgan fingerprint density at radius 3 is 3.06 bits per heavy atom. The molecule has 3 nitrogen and oxygen atoms in total. The Kier molecular flexibility index (Phi) is 3.14. The van der Waals surface area contributed by atoms with Crippen molar-refractivity contribution in [1.82, 2.24) is 9.55 Å². The molecule has 0 unspecified atom stereocenters. The average molecular weight is 247 g/mol. The number of nitrogens with zero attached hydrogens (tertiary/aromatic N) is 2. The molecule has 0 saturated heterocycles. The molecule has 0 atom stereocenters. The molecule has 1 saturated carbocycles. The summed E-state index contributed by atoms with van der Waals surface area (Å²) in [6.07, 6.45) is 9.20. The average Bonchev–Trinajstić information content (AvgIpc) is 3.04. The van der Waals surface area contributed by atoms with Crippen LogP contribution in [0.5, 0.6) is 0 Å². The van der Waals surface area contributed by atoms with Gasteiger partial charge in [0.15, 0.2) is 0 Å². The van der Waals surface area contributed by atoms with Crippen LogP contribution >= 0.6 is 11.3 Å². The number of hydrogen-bond acceptors (Lipinski definition) is 3. The Hall–Kier alpha value is -1.29. The van der Waals surface area contributed by atoms with Crippen LogP contribution in [0.2, 0.25) is 0 Å². The highest BCUT2D eigenvalue weighted by molar-refractivity contribution is 7.07. The van der Waals surface area contributed by atoms with Crippen LogP contribution in [-0.2, 0) is 6.54 Å². The highest BCUT2D eigenvalue weighted by atomic mass is 32.1. The summed E-state index contributed by atoms with van der Waals surface area (Å²) in [6, 6.07) is 2.79. The van der Waals surface area contributed by atoms with Crippen molar-refractivity contribution in [3.8, 4) is 0 Å². The maximum absolute atomic E-state index is 4.42. The lowest BCUT2D eigenvalue weighted by molar-refractivity contribution is 0.717. The van der Waals surface area contributed by atoms with Crippen molar-refractivity contribution < 1.29 is 0 Å². The molecular weight excluding hydrogens is 230 g/mol. The molecule has 1 N–H and O–H groups in total. The van der Waals surface area contributed by atoms with Gasteiger partial charge in [0.05, 0.1) is 6.54 Å². The standard InChI is InChI=1S/C13H17N3S/c1-2-4-12(3-1)15-13-14-6-7-16(13)9-11-5-8-17-10-11/h5-8,10,12H,1-4,9H2,(H,14,15). The van der Waals surface area contributed by atoms with Crippen molar-refractivity contribution in [3.63, 3.8) is 0 Å². The second-order valence-corrected chi connectivity index (χ2v) is 5.42. The third-order valence-corrected chi connectivity index (χ3v) is 4.07. The SMILES string of the molecule is c1cn(Cc2ccsc2)c(NC2CCCC2)n1. The minimum absolute atomic E-state index is 0.624. The van der Waals surface area contributed by atoms with Crippen LogP contribution in [0.1, 0.15) is 31.2 Å². The monoisotopic (exact) mass is 247 g/mol. The van der Waals surface area contributed by atoms with Gasteiger partial charge >= 0.3 is 0 Å². The van der Waals surface area contributed by atoms with E-state index in [2.05, 4.69) is 37.9 Å². The van der Waals surface area contributed by atoms with Gasteiger partial charge in [0.1, 0.15) is 0 Å². The first-order valence-electron chi connectivity index (χ1n) is 6.20. The topological polar surface area (TPSA) is 29.9 Å². The molecule has 0 bridgehead atoms. The van der Waals surface area contributed by atoms with Crippen LogP contribution < -0.4 is 5.32 Å². The molecule has 0 aromatic carbocycles. The Bertz CT molecular complexity index is 455. The predicted octanol–water partition coefficient (Wildman–Crippen LogP) is 3.35. The van der Waals surface area contributed by atoms with E-state index in [9.17, 15) is 0 Å². The van der Waals surface area contributed by atoms with Gasteiger partial charge in [-0.3, -0.25) is 0 Å². The van der Waals surface area contributed by atoms with Gasteiger partial charge in [-0.2, -0.15) is 11.3 Å². The summed E-state index contributed by atoms with van der Waals surface area (Å²) in [5.41, 5.74) is 1.35. The van der Waals surface area contributed by atoms with E-state index in [1.54, 1.807) is 11.3 Å². The summed E-state index contributed by atoms with van der Waals surface area (Å²) in [7, 11) is 0. The lowest BCUT2D eigenvalue weighted by Gasteiger charge is -2.14. The van der Waals surface area contributed by atoms with Crippen LogP contribution in [-0.4, -0.2) is 15.6 Å². The van der Waals surface area contributed by atoms with E-state index in [1.165, 1.54) is 31.2 Å². The summed E-state index contributed by atoms with van der Waals surface area (Å²) in [4.78, 5) is 4.42. The second-order valence-electron chi connectivity index (χ2n) is 4.64. The van der Waals surface area contributed by atoms with E-state index in [4.69, 9.17) is 0 Å². The summed E-state index contributed by atoms with van der Waals surface area (Å²) in [5.74, 6) is 1.02. The predicted molar refractivity (Wildman–Crippen MR) is 71.5 cm³/mol. The molecule has 2 heterocycles. The molecule has 3 rings (SSSR count). The fourth-order valence-corrected chi connectivity index (χ4v) is 3.07. The van der Waals surface area contributed by atoms with Crippen molar-refractivity contribution in [2.24, 2.45) is 0 Å². The van der Waals surface area contributed by atoms with E-state index >= 15 is 0 Å². The smallest absolute Gasteiger partial charge is 0.203 e. The van der Waals surface area contributed by atoms with Gasteiger partial charge in [0.25, 0.3) is 0 Å². The van der Waals surface area contributed by atoms with Gasteiger partial charge in [-0.05, 0) is 35.2 Å². The Balaban J connectivity index is 1.70. The molecular formula is C13H17N3S. The number of thiophene rings is 1. The number of aromatic nitrogens is 2. The Morgan fingerprint density at radius 2 is 2.29 bits per heavy atom. The first kappa shape index (κ1) is 10.8. The van der Waals surface area contributed by atoms with Gasteiger partial charge < -0.3 is 9.88 Å². The quantitative estimate of drug-likeness (QED) is 0.898. The van der Waals surface area contributed by atoms with Crippen molar-refractivity contribution in [2.75, 3.05) is 5.32 Å². The van der Waals surface area contributed by atoms with Crippen molar-refractivity contribution in [2.45, 2.75) is 38.3 Å². The maximum atomic E-state index is 4.42. The molecule has 1 fully saturated rings. The Labute approximate surface area is 106 Å². The van der Waals surface area contributed by atoms with E-state index in [0.29, 0.717) is 6.04 Å². The minimum Gasteiger partial charge on any atom is -0.353 e. The molecule has 1 aliphatic rings.